The fourth-order valence-corrected chi connectivity index (χ4v) is 1.13. The van der Waals surface area contributed by atoms with Crippen LogP contribution in [0.2, 0.25) is 0 Å². The molecule has 0 fully saturated rings. The Morgan fingerprint density at radius 2 is 1.50 bits per heavy atom. The fraction of sp³-hybridized carbons (Fsp3) is 0.500. The quantitative estimate of drug-likeness (QED) is 0.484. The molecule has 0 rings (SSSR count). The monoisotopic (exact) mass is 256 g/mol. The highest BCUT2D eigenvalue weighted by Crippen LogP contribution is 2.02. The van der Waals surface area contributed by atoms with E-state index >= 15 is 0 Å². The Morgan fingerprint density at radius 3 is 1.83 bits per heavy atom. The molecule has 0 aliphatic carbocycles. The van der Waals surface area contributed by atoms with Gasteiger partial charge in [0.25, 0.3) is 0 Å². The molecule has 0 radical (unpaired) electrons. The van der Waals surface area contributed by atoms with E-state index in [1.54, 1.807) is 13.8 Å². The van der Waals surface area contributed by atoms with Crippen molar-refractivity contribution in [1.82, 2.24) is 10.6 Å². The predicted octanol–water partition coefficient (Wildman–Crippen LogP) is 0.314. The molecule has 0 aromatic heterocycles. The van der Waals surface area contributed by atoms with Crippen LogP contribution in [-0.4, -0.2) is 37.5 Å². The minimum atomic E-state index is -0.818. The molecule has 0 aliphatic rings. The minimum absolute atomic E-state index is 0.154. The summed E-state index contributed by atoms with van der Waals surface area (Å²) < 4.78 is 10.5. The zero-order chi connectivity index (χ0) is 14.1. The van der Waals surface area contributed by atoms with Crippen molar-refractivity contribution < 1.29 is 19.1 Å². The van der Waals surface area contributed by atoms with Crippen LogP contribution in [0.15, 0.2) is 25.3 Å². The maximum Gasteiger partial charge on any atom is 0.245 e. The van der Waals surface area contributed by atoms with E-state index in [1.165, 1.54) is 7.11 Å². The van der Waals surface area contributed by atoms with Crippen molar-refractivity contribution in [3.63, 3.8) is 0 Å². The van der Waals surface area contributed by atoms with Gasteiger partial charge in [0, 0.05) is 7.11 Å². The molecule has 0 saturated heterocycles. The first-order valence-corrected chi connectivity index (χ1v) is 5.48. The molecule has 18 heavy (non-hydrogen) atoms. The normalized spacial score (nSPS) is 13.6. The van der Waals surface area contributed by atoms with Crippen molar-refractivity contribution in [2.24, 2.45) is 0 Å². The zero-order valence-electron chi connectivity index (χ0n) is 10.9. The largest absolute Gasteiger partial charge is 0.357 e. The molecule has 0 saturated carbocycles. The molecule has 0 aliphatic heterocycles. The lowest BCUT2D eigenvalue weighted by Gasteiger charge is -2.28. The van der Waals surface area contributed by atoms with Gasteiger partial charge in [-0.3, -0.25) is 9.59 Å². The van der Waals surface area contributed by atoms with Gasteiger partial charge in [0.2, 0.25) is 11.8 Å². The standard InChI is InChI=1S/C12H20N2O4/c1-6-9(15)13-11(17-5)12(18-8(3)4)14-10(16)7-2/h6-8,11-12H,1-2H2,3-5H3,(H,13,15)(H,14,16). The summed E-state index contributed by atoms with van der Waals surface area (Å²) in [7, 11) is 1.39. The lowest BCUT2D eigenvalue weighted by molar-refractivity contribution is -0.142. The Hall–Kier alpha value is -1.66. The number of carbonyl (C=O) groups is 2. The molecule has 2 atom stereocenters. The lowest BCUT2D eigenvalue weighted by Crippen LogP contribution is -2.54. The Morgan fingerprint density at radius 1 is 1.06 bits per heavy atom. The molecular weight excluding hydrogens is 236 g/mol. The first-order valence-electron chi connectivity index (χ1n) is 5.48. The van der Waals surface area contributed by atoms with Crippen molar-refractivity contribution in [3.8, 4) is 0 Å². The van der Waals surface area contributed by atoms with Gasteiger partial charge in [-0.15, -0.1) is 0 Å². The third kappa shape index (κ3) is 6.17. The van der Waals surface area contributed by atoms with Crippen LogP contribution in [0.1, 0.15) is 13.8 Å². The van der Waals surface area contributed by atoms with E-state index in [9.17, 15) is 9.59 Å². The van der Waals surface area contributed by atoms with Gasteiger partial charge in [-0.1, -0.05) is 13.2 Å². The molecule has 6 nitrogen and oxygen atoms in total. The van der Waals surface area contributed by atoms with E-state index in [1.807, 2.05) is 0 Å². The number of methoxy groups -OCH3 is 1. The van der Waals surface area contributed by atoms with Gasteiger partial charge in [-0.2, -0.15) is 0 Å². The molecule has 2 N–H and O–H groups in total. The highest BCUT2D eigenvalue weighted by Gasteiger charge is 2.25. The average molecular weight is 256 g/mol. The number of hydrogen-bond donors (Lipinski definition) is 2. The van der Waals surface area contributed by atoms with Crippen molar-refractivity contribution in [2.45, 2.75) is 32.4 Å². The van der Waals surface area contributed by atoms with E-state index in [4.69, 9.17) is 9.47 Å². The van der Waals surface area contributed by atoms with E-state index < -0.39 is 24.3 Å². The SMILES string of the molecule is C=CC(=O)NC(OC)C(NC(=O)C=C)OC(C)C. The Labute approximate surface area is 107 Å². The summed E-state index contributed by atoms with van der Waals surface area (Å²) in [5, 5.41) is 5.02. The summed E-state index contributed by atoms with van der Waals surface area (Å²) in [5.41, 5.74) is 0. The van der Waals surface area contributed by atoms with E-state index in [-0.39, 0.29) is 6.10 Å². The second-order valence-electron chi connectivity index (χ2n) is 3.69. The van der Waals surface area contributed by atoms with Crippen LogP contribution in [0, 0.1) is 0 Å². The first-order chi connectivity index (χ1) is 8.44. The predicted molar refractivity (Wildman–Crippen MR) is 67.5 cm³/mol. The van der Waals surface area contributed by atoms with Crippen LogP contribution < -0.4 is 10.6 Å². The molecule has 2 unspecified atom stereocenters. The second-order valence-corrected chi connectivity index (χ2v) is 3.69. The summed E-state index contributed by atoms with van der Waals surface area (Å²) in [6.07, 6.45) is 0.427. The van der Waals surface area contributed by atoms with Gasteiger partial charge in [0.05, 0.1) is 6.10 Å². The van der Waals surface area contributed by atoms with Gasteiger partial charge < -0.3 is 20.1 Å². The summed E-state index contributed by atoms with van der Waals surface area (Å²) in [6.45, 7) is 10.3. The molecule has 0 aromatic rings. The molecule has 0 spiro atoms. The Bertz CT molecular complexity index is 315. The molecular formula is C12H20N2O4. The van der Waals surface area contributed by atoms with Gasteiger partial charge in [0.15, 0.2) is 12.5 Å². The Kier molecular flexibility index (Phi) is 7.66. The van der Waals surface area contributed by atoms with Crippen LogP contribution in [-0.2, 0) is 19.1 Å². The fourth-order valence-electron chi connectivity index (χ4n) is 1.13. The highest BCUT2D eigenvalue weighted by atomic mass is 16.6. The third-order valence-corrected chi connectivity index (χ3v) is 1.89. The minimum Gasteiger partial charge on any atom is -0.357 e. The van der Waals surface area contributed by atoms with Crippen LogP contribution in [0.25, 0.3) is 0 Å². The second kappa shape index (κ2) is 8.43. The first kappa shape index (κ1) is 16.3. The molecule has 0 heterocycles. The van der Waals surface area contributed by atoms with E-state index in [0.717, 1.165) is 12.2 Å². The highest BCUT2D eigenvalue weighted by molar-refractivity contribution is 5.88. The van der Waals surface area contributed by atoms with Crippen molar-refractivity contribution in [1.29, 1.82) is 0 Å². The van der Waals surface area contributed by atoms with Gasteiger partial charge in [-0.05, 0) is 26.0 Å². The maximum absolute atomic E-state index is 11.3. The summed E-state index contributed by atoms with van der Waals surface area (Å²) >= 11 is 0. The third-order valence-electron chi connectivity index (χ3n) is 1.89. The maximum atomic E-state index is 11.3. The number of amides is 2. The smallest absolute Gasteiger partial charge is 0.245 e. The zero-order valence-corrected chi connectivity index (χ0v) is 10.9. The topological polar surface area (TPSA) is 76.7 Å². The molecule has 2 amide bonds. The van der Waals surface area contributed by atoms with E-state index in [0.29, 0.717) is 0 Å². The Balaban J connectivity index is 4.75. The number of carbonyl (C=O) groups excluding carboxylic acids is 2. The van der Waals surface area contributed by atoms with Gasteiger partial charge in [-0.25, -0.2) is 0 Å². The van der Waals surface area contributed by atoms with Crippen LogP contribution in [0.4, 0.5) is 0 Å². The van der Waals surface area contributed by atoms with Crippen LogP contribution >= 0.6 is 0 Å². The summed E-state index contributed by atoms with van der Waals surface area (Å²) in [4.78, 5) is 22.5. The van der Waals surface area contributed by atoms with E-state index in [2.05, 4.69) is 23.8 Å². The van der Waals surface area contributed by atoms with Crippen molar-refractivity contribution >= 4 is 11.8 Å². The van der Waals surface area contributed by atoms with Crippen LogP contribution in [0.5, 0.6) is 0 Å². The summed E-state index contributed by atoms with van der Waals surface area (Å²) in [5.74, 6) is -0.845. The molecule has 0 bridgehead atoms. The number of rotatable bonds is 8. The molecule has 0 aromatic carbocycles. The lowest BCUT2D eigenvalue weighted by atomic mass is 10.4. The van der Waals surface area contributed by atoms with Gasteiger partial charge >= 0.3 is 0 Å². The number of hydrogen-bond acceptors (Lipinski definition) is 4. The van der Waals surface area contributed by atoms with Crippen molar-refractivity contribution in [3.05, 3.63) is 25.3 Å². The summed E-state index contributed by atoms with van der Waals surface area (Å²) in [6, 6.07) is 0. The number of ether oxygens (including phenoxy) is 2. The van der Waals surface area contributed by atoms with Gasteiger partial charge in [0.1, 0.15) is 0 Å². The molecule has 102 valence electrons. The van der Waals surface area contributed by atoms with Crippen molar-refractivity contribution in [2.75, 3.05) is 7.11 Å². The number of nitrogens with one attached hydrogen (secondary N) is 2. The average Bonchev–Trinajstić information content (AvgIpc) is 2.33. The molecule has 6 heteroatoms. The van der Waals surface area contributed by atoms with Crippen LogP contribution in [0.3, 0.4) is 0 Å².